The van der Waals surface area contributed by atoms with Gasteiger partial charge in [0, 0.05) is 27.2 Å². The van der Waals surface area contributed by atoms with Crippen LogP contribution in [0.4, 0.5) is 4.79 Å². The van der Waals surface area contributed by atoms with Crippen LogP contribution in [0.5, 0.6) is 0 Å². The number of aryl methyl sites for hydroxylation is 1. The summed E-state index contributed by atoms with van der Waals surface area (Å²) in [5.41, 5.74) is 1.77. The zero-order valence-electron chi connectivity index (χ0n) is 17.2. The van der Waals surface area contributed by atoms with E-state index >= 15 is 0 Å². The van der Waals surface area contributed by atoms with Crippen LogP contribution in [0.2, 0.25) is 0 Å². The van der Waals surface area contributed by atoms with Gasteiger partial charge in [-0.1, -0.05) is 12.1 Å². The first-order valence-electron chi connectivity index (χ1n) is 9.80. The lowest BCUT2D eigenvalue weighted by molar-refractivity contribution is 0.0240. The van der Waals surface area contributed by atoms with Crippen LogP contribution in [0.25, 0.3) is 11.0 Å². The Balaban J connectivity index is 1.59. The number of amides is 1. The van der Waals surface area contributed by atoms with Gasteiger partial charge in [-0.05, 0) is 58.2 Å². The van der Waals surface area contributed by atoms with Crippen LogP contribution < -0.4 is 0 Å². The molecule has 0 aliphatic carbocycles. The fraction of sp³-hybridized carbons (Fsp3) is 0.619. The highest BCUT2D eigenvalue weighted by atomic mass is 16.6. The zero-order valence-corrected chi connectivity index (χ0v) is 17.2. The van der Waals surface area contributed by atoms with Crippen molar-refractivity contribution in [3.63, 3.8) is 0 Å². The predicted octanol–water partition coefficient (Wildman–Crippen LogP) is 3.65. The van der Waals surface area contributed by atoms with Crippen molar-refractivity contribution >= 4 is 17.1 Å². The molecule has 1 aliphatic heterocycles. The van der Waals surface area contributed by atoms with E-state index in [1.54, 1.807) is 4.90 Å². The largest absolute Gasteiger partial charge is 0.444 e. The number of ether oxygens (including phenoxy) is 1. The van der Waals surface area contributed by atoms with Gasteiger partial charge >= 0.3 is 6.09 Å². The van der Waals surface area contributed by atoms with Crippen molar-refractivity contribution in [1.29, 1.82) is 0 Å². The monoisotopic (exact) mass is 372 g/mol. The second-order valence-electron chi connectivity index (χ2n) is 8.68. The van der Waals surface area contributed by atoms with E-state index in [1.165, 1.54) is 5.52 Å². The topological polar surface area (TPSA) is 50.6 Å². The summed E-state index contributed by atoms with van der Waals surface area (Å²) in [7, 11) is 3.92. The van der Waals surface area contributed by atoms with Crippen molar-refractivity contribution in [2.75, 3.05) is 26.7 Å². The number of aromatic nitrogens is 2. The van der Waals surface area contributed by atoms with E-state index in [-0.39, 0.29) is 6.09 Å². The molecule has 1 aromatic heterocycles. The van der Waals surface area contributed by atoms with Gasteiger partial charge in [0.05, 0.1) is 17.6 Å². The molecule has 2 heterocycles. The molecule has 3 rings (SSSR count). The minimum Gasteiger partial charge on any atom is -0.444 e. The van der Waals surface area contributed by atoms with Crippen LogP contribution in [0.15, 0.2) is 24.3 Å². The second-order valence-corrected chi connectivity index (χ2v) is 8.68. The first-order chi connectivity index (χ1) is 12.7. The number of likely N-dealkylation sites (tertiary alicyclic amines) is 1. The summed E-state index contributed by atoms with van der Waals surface area (Å²) < 4.78 is 7.66. The maximum atomic E-state index is 12.2. The van der Waals surface area contributed by atoms with Gasteiger partial charge in [0.1, 0.15) is 11.4 Å². The van der Waals surface area contributed by atoms with E-state index in [1.807, 2.05) is 33.9 Å². The Morgan fingerprint density at radius 2 is 2.07 bits per heavy atom. The van der Waals surface area contributed by atoms with Gasteiger partial charge in [-0.3, -0.25) is 4.90 Å². The van der Waals surface area contributed by atoms with Crippen LogP contribution in [0.1, 0.15) is 39.4 Å². The first kappa shape index (κ1) is 19.7. The van der Waals surface area contributed by atoms with Crippen LogP contribution in [-0.4, -0.2) is 57.7 Å². The van der Waals surface area contributed by atoms with Crippen molar-refractivity contribution in [3.05, 3.63) is 30.1 Å². The fourth-order valence-electron chi connectivity index (χ4n) is 3.78. The number of carbonyl (C=O) groups excluding carboxylic acids is 1. The highest BCUT2D eigenvalue weighted by Crippen LogP contribution is 2.21. The number of carbonyl (C=O) groups is 1. The molecule has 0 radical (unpaired) electrons. The SMILES string of the molecule is CN(CC1CCCN(Cc2nc3ccccc3n2C)C1)C(=O)OC(C)(C)C. The third kappa shape index (κ3) is 5.01. The van der Waals surface area contributed by atoms with Gasteiger partial charge in [-0.2, -0.15) is 0 Å². The van der Waals surface area contributed by atoms with E-state index in [2.05, 4.69) is 34.7 Å². The summed E-state index contributed by atoms with van der Waals surface area (Å²) in [6.07, 6.45) is 2.05. The second kappa shape index (κ2) is 7.89. The lowest BCUT2D eigenvalue weighted by Gasteiger charge is -2.34. The predicted molar refractivity (Wildman–Crippen MR) is 108 cm³/mol. The molecule has 1 unspecified atom stereocenters. The molecule has 27 heavy (non-hydrogen) atoms. The van der Waals surface area contributed by atoms with Crippen molar-refractivity contribution < 1.29 is 9.53 Å². The summed E-state index contributed by atoms with van der Waals surface area (Å²) in [5, 5.41) is 0. The third-order valence-corrected chi connectivity index (χ3v) is 5.09. The van der Waals surface area contributed by atoms with Crippen molar-refractivity contribution in [2.24, 2.45) is 13.0 Å². The Morgan fingerprint density at radius 3 is 2.78 bits per heavy atom. The Bertz CT molecular complexity index is 793. The molecule has 1 amide bonds. The van der Waals surface area contributed by atoms with Crippen molar-refractivity contribution in [2.45, 2.75) is 45.8 Å². The quantitative estimate of drug-likeness (QED) is 0.822. The van der Waals surface area contributed by atoms with E-state index in [0.29, 0.717) is 5.92 Å². The number of imidazole rings is 1. The van der Waals surface area contributed by atoms with Gasteiger partial charge in [0.2, 0.25) is 0 Å². The average molecular weight is 373 g/mol. The number of hydrogen-bond donors (Lipinski definition) is 0. The fourth-order valence-corrected chi connectivity index (χ4v) is 3.78. The number of hydrogen-bond acceptors (Lipinski definition) is 4. The highest BCUT2D eigenvalue weighted by molar-refractivity contribution is 5.75. The average Bonchev–Trinajstić information content (AvgIpc) is 2.90. The molecular weight excluding hydrogens is 340 g/mol. The van der Waals surface area contributed by atoms with Crippen molar-refractivity contribution in [1.82, 2.24) is 19.4 Å². The van der Waals surface area contributed by atoms with E-state index in [4.69, 9.17) is 9.72 Å². The number of para-hydroxylation sites is 2. The number of benzene rings is 1. The molecule has 6 nitrogen and oxygen atoms in total. The molecule has 2 aromatic rings. The van der Waals surface area contributed by atoms with Crippen LogP contribution in [-0.2, 0) is 18.3 Å². The lowest BCUT2D eigenvalue weighted by Crippen LogP contribution is -2.42. The highest BCUT2D eigenvalue weighted by Gasteiger charge is 2.26. The summed E-state index contributed by atoms with van der Waals surface area (Å²) in [6.45, 7) is 9.34. The molecule has 6 heteroatoms. The van der Waals surface area contributed by atoms with Crippen LogP contribution >= 0.6 is 0 Å². The molecule has 0 spiro atoms. The normalized spacial score (nSPS) is 18.6. The molecule has 0 N–H and O–H groups in total. The maximum absolute atomic E-state index is 12.2. The zero-order chi connectivity index (χ0) is 19.6. The van der Waals surface area contributed by atoms with Gasteiger partial charge < -0.3 is 14.2 Å². The number of rotatable bonds is 4. The standard InChI is InChI=1S/C21H32N4O2/c1-21(2,3)27-20(26)23(4)13-16-9-8-12-25(14-16)15-19-22-17-10-6-7-11-18(17)24(19)5/h6-7,10-11,16H,8-9,12-15H2,1-5H3. The molecule has 148 valence electrons. The van der Waals surface area contributed by atoms with Crippen LogP contribution in [0, 0.1) is 5.92 Å². The molecular formula is C21H32N4O2. The number of fused-ring (bicyclic) bond motifs is 1. The van der Waals surface area contributed by atoms with E-state index in [9.17, 15) is 4.79 Å². The Morgan fingerprint density at radius 1 is 1.33 bits per heavy atom. The summed E-state index contributed by atoms with van der Waals surface area (Å²) in [6, 6.07) is 8.26. The molecule has 1 fully saturated rings. The minimum absolute atomic E-state index is 0.241. The number of nitrogens with zero attached hydrogens (tertiary/aromatic N) is 4. The molecule has 1 aliphatic rings. The maximum Gasteiger partial charge on any atom is 0.410 e. The Labute approximate surface area is 162 Å². The van der Waals surface area contributed by atoms with Crippen LogP contribution in [0.3, 0.4) is 0 Å². The summed E-state index contributed by atoms with van der Waals surface area (Å²) >= 11 is 0. The Hall–Kier alpha value is -2.08. The van der Waals surface area contributed by atoms with Crippen molar-refractivity contribution in [3.8, 4) is 0 Å². The molecule has 0 saturated carbocycles. The smallest absolute Gasteiger partial charge is 0.410 e. The summed E-state index contributed by atoms with van der Waals surface area (Å²) in [4.78, 5) is 21.2. The van der Waals surface area contributed by atoms with Gasteiger partial charge in [-0.25, -0.2) is 9.78 Å². The van der Waals surface area contributed by atoms with E-state index in [0.717, 1.165) is 50.4 Å². The number of piperidine rings is 1. The third-order valence-electron chi connectivity index (χ3n) is 5.09. The molecule has 1 atom stereocenters. The minimum atomic E-state index is -0.454. The van der Waals surface area contributed by atoms with E-state index < -0.39 is 5.60 Å². The molecule has 0 bridgehead atoms. The first-order valence-corrected chi connectivity index (χ1v) is 9.80. The summed E-state index contributed by atoms with van der Waals surface area (Å²) in [5.74, 6) is 1.56. The Kier molecular flexibility index (Phi) is 5.75. The molecule has 1 aromatic carbocycles. The lowest BCUT2D eigenvalue weighted by atomic mass is 9.97. The van der Waals surface area contributed by atoms with Gasteiger partial charge in [0.15, 0.2) is 0 Å². The van der Waals surface area contributed by atoms with Gasteiger partial charge in [0.25, 0.3) is 0 Å². The van der Waals surface area contributed by atoms with Gasteiger partial charge in [-0.15, -0.1) is 0 Å². The molecule has 1 saturated heterocycles.